The zero-order valence-electron chi connectivity index (χ0n) is 11.6. The smallest absolute Gasteiger partial charge is 0.412 e. The average Bonchev–Trinajstić information content (AvgIpc) is 1.76. The Balaban J connectivity index is -0.0000000150. The van der Waals surface area contributed by atoms with Gasteiger partial charge in [-0.05, 0) is 27.7 Å². The van der Waals surface area contributed by atoms with E-state index in [0.717, 1.165) is 0 Å². The standard InChI is InChI=1S/4C2H6O2.2H2O.2Ru/c4*1-2(3)4;;;;/h4*2-4H,1H3;2*1H2;;/q;;;;;;;+1. The molecule has 0 aromatic carbocycles. The molecule has 0 spiro atoms. The zero-order chi connectivity index (χ0) is 14.3. The van der Waals surface area contributed by atoms with Gasteiger partial charge in [-0.3, -0.25) is 0 Å². The van der Waals surface area contributed by atoms with Crippen LogP contribution in [0.3, 0.4) is 0 Å². The summed E-state index contributed by atoms with van der Waals surface area (Å²) in [6, 6.07) is 0. The number of aliphatic hydroxyl groups is 8. The van der Waals surface area contributed by atoms with E-state index in [1.807, 2.05) is 0 Å². The van der Waals surface area contributed by atoms with E-state index in [2.05, 4.69) is 0 Å². The van der Waals surface area contributed by atoms with Crippen LogP contribution in [0.5, 0.6) is 0 Å². The van der Waals surface area contributed by atoms with Crippen LogP contribution in [-0.4, -0.2) is 77.0 Å². The van der Waals surface area contributed by atoms with Gasteiger partial charge in [0.15, 0.2) is 0 Å². The molecule has 20 heavy (non-hydrogen) atoms. The fourth-order valence-corrected chi connectivity index (χ4v) is 0. The molecule has 0 unspecified atom stereocenters. The van der Waals surface area contributed by atoms with E-state index in [9.17, 15) is 0 Å². The minimum Gasteiger partial charge on any atom is -0.412 e. The van der Waals surface area contributed by atoms with Crippen molar-refractivity contribution in [1.82, 2.24) is 0 Å². The second-order valence-corrected chi connectivity index (χ2v) is 2.53. The molecule has 0 fully saturated rings. The summed E-state index contributed by atoms with van der Waals surface area (Å²) in [6.45, 7) is 5.11. The first-order valence-electron chi connectivity index (χ1n) is 4.37. The molecule has 12 heteroatoms. The van der Waals surface area contributed by atoms with Crippen molar-refractivity contribution in [2.75, 3.05) is 0 Å². The van der Waals surface area contributed by atoms with E-state index in [1.165, 1.54) is 27.7 Å². The van der Waals surface area contributed by atoms with Gasteiger partial charge in [-0.1, -0.05) is 0 Å². The molecule has 0 rings (SSSR count). The topological polar surface area (TPSA) is 225 Å². The minimum absolute atomic E-state index is 0. The second-order valence-electron chi connectivity index (χ2n) is 2.53. The maximum Gasteiger partial charge on any atom is 1.00 e. The van der Waals surface area contributed by atoms with Crippen LogP contribution < -0.4 is 0 Å². The molecule has 0 aliphatic rings. The fourth-order valence-electron chi connectivity index (χ4n) is 0. The molecule has 0 saturated carbocycles. The fraction of sp³-hybridized carbons (Fsp3) is 1.00. The van der Waals surface area contributed by atoms with Crippen LogP contribution in [0.4, 0.5) is 0 Å². The predicted octanol–water partition coefficient (Wildman–Crippen LogP) is -4.39. The summed E-state index contributed by atoms with van der Waals surface area (Å²) in [5.74, 6) is 0. The minimum atomic E-state index is -1.17. The Hall–Kier alpha value is 0.847. The van der Waals surface area contributed by atoms with Crippen LogP contribution in [0.15, 0.2) is 0 Å². The van der Waals surface area contributed by atoms with Gasteiger partial charge in [0.05, 0.1) is 0 Å². The molecule has 0 amide bonds. The van der Waals surface area contributed by atoms with Gasteiger partial charge >= 0.3 is 19.5 Å². The van der Waals surface area contributed by atoms with E-state index in [0.29, 0.717) is 0 Å². The summed E-state index contributed by atoms with van der Waals surface area (Å²) >= 11 is 0. The normalized spacial score (nSPS) is 7.20. The van der Waals surface area contributed by atoms with Crippen molar-refractivity contribution in [1.29, 1.82) is 0 Å². The van der Waals surface area contributed by atoms with Gasteiger partial charge in [0, 0.05) is 19.5 Å². The Labute approximate surface area is 143 Å². The van der Waals surface area contributed by atoms with E-state index < -0.39 is 25.2 Å². The van der Waals surface area contributed by atoms with Gasteiger partial charge in [0.2, 0.25) is 0 Å². The van der Waals surface area contributed by atoms with Crippen LogP contribution in [0.25, 0.3) is 0 Å². The summed E-state index contributed by atoms with van der Waals surface area (Å²) < 4.78 is 0. The Morgan fingerprint density at radius 3 is 0.450 bits per heavy atom. The summed E-state index contributed by atoms with van der Waals surface area (Å²) in [6.07, 6.45) is -4.67. The Morgan fingerprint density at radius 1 is 0.450 bits per heavy atom. The first-order chi connectivity index (χ1) is 6.93. The predicted molar refractivity (Wildman–Crippen MR) is 62.8 cm³/mol. The molecular weight excluding hydrogens is 458 g/mol. The zero-order valence-corrected chi connectivity index (χ0v) is 15.1. The van der Waals surface area contributed by atoms with Gasteiger partial charge in [-0.15, -0.1) is 0 Å². The summed E-state index contributed by atoms with van der Waals surface area (Å²) in [5, 5.41) is 60.9. The third kappa shape index (κ3) is 8370. The van der Waals surface area contributed by atoms with Gasteiger partial charge in [-0.2, -0.15) is 0 Å². The monoisotopic (exact) mass is 488 g/mol. The maximum atomic E-state index is 7.61. The molecular formula is C8H28O10Ru2+. The summed E-state index contributed by atoms with van der Waals surface area (Å²) in [7, 11) is 0. The first-order valence-corrected chi connectivity index (χ1v) is 4.37. The molecule has 0 heterocycles. The number of hydrogen-bond acceptors (Lipinski definition) is 8. The molecule has 0 saturated heterocycles. The molecule has 0 aliphatic carbocycles. The summed E-state index contributed by atoms with van der Waals surface area (Å²) in [4.78, 5) is 0. The number of rotatable bonds is 0. The van der Waals surface area contributed by atoms with Crippen molar-refractivity contribution in [3.8, 4) is 0 Å². The molecule has 1 radical (unpaired) electrons. The maximum absolute atomic E-state index is 7.61. The van der Waals surface area contributed by atoms with Gasteiger partial charge < -0.3 is 51.8 Å². The van der Waals surface area contributed by atoms with Crippen LogP contribution in [-0.2, 0) is 39.0 Å². The van der Waals surface area contributed by atoms with E-state index in [-0.39, 0.29) is 49.9 Å². The van der Waals surface area contributed by atoms with Gasteiger partial charge in [0.25, 0.3) is 0 Å². The van der Waals surface area contributed by atoms with Crippen molar-refractivity contribution in [3.05, 3.63) is 0 Å². The number of hydrogen-bond donors (Lipinski definition) is 8. The van der Waals surface area contributed by atoms with E-state index >= 15 is 0 Å². The van der Waals surface area contributed by atoms with Crippen molar-refractivity contribution in [2.45, 2.75) is 52.9 Å². The van der Waals surface area contributed by atoms with Crippen molar-refractivity contribution in [3.63, 3.8) is 0 Å². The molecule has 0 bridgehead atoms. The van der Waals surface area contributed by atoms with Crippen LogP contribution >= 0.6 is 0 Å². The SMILES string of the molecule is CC(O)O.CC(O)O.CC(O)O.CC(O)O.O.O.[Ru+].[Ru]. The quantitative estimate of drug-likeness (QED) is 0.123. The molecule has 0 aromatic heterocycles. The average molecular weight is 486 g/mol. The Kier molecular flexibility index (Phi) is 106. The molecule has 135 valence electrons. The Bertz CT molecular complexity index is 70.2. The summed E-state index contributed by atoms with van der Waals surface area (Å²) in [5.41, 5.74) is 0. The molecule has 0 aliphatic heterocycles. The second kappa shape index (κ2) is 42.7. The van der Waals surface area contributed by atoms with Gasteiger partial charge in [-0.25, -0.2) is 0 Å². The van der Waals surface area contributed by atoms with E-state index in [4.69, 9.17) is 40.9 Å². The van der Waals surface area contributed by atoms with Gasteiger partial charge in [0.1, 0.15) is 25.2 Å². The largest absolute Gasteiger partial charge is 1.00 e. The third-order valence-electron chi connectivity index (χ3n) is 0. The molecule has 0 aromatic rings. The molecule has 10 nitrogen and oxygen atoms in total. The molecule has 0 atom stereocenters. The number of aliphatic hydroxyl groups excluding tert-OH is 4. The van der Waals surface area contributed by atoms with Crippen LogP contribution in [0.2, 0.25) is 0 Å². The Morgan fingerprint density at radius 2 is 0.450 bits per heavy atom. The van der Waals surface area contributed by atoms with Crippen molar-refractivity contribution in [2.24, 2.45) is 0 Å². The molecule has 12 N–H and O–H groups in total. The van der Waals surface area contributed by atoms with Crippen molar-refractivity contribution < 1.29 is 90.8 Å². The van der Waals surface area contributed by atoms with Crippen LogP contribution in [0, 0.1) is 0 Å². The van der Waals surface area contributed by atoms with E-state index in [1.54, 1.807) is 0 Å². The van der Waals surface area contributed by atoms with Crippen molar-refractivity contribution >= 4 is 0 Å². The van der Waals surface area contributed by atoms with Crippen LogP contribution in [0.1, 0.15) is 27.7 Å². The third-order valence-corrected chi connectivity index (χ3v) is 0. The first kappa shape index (κ1) is 49.8.